The summed E-state index contributed by atoms with van der Waals surface area (Å²) in [5.41, 5.74) is 7.28. The zero-order valence-corrected chi connectivity index (χ0v) is 11.1. The molecule has 3 rings (SSSR count). The molecule has 0 spiro atoms. The summed E-state index contributed by atoms with van der Waals surface area (Å²) in [6.45, 7) is 1.83. The van der Waals surface area contributed by atoms with Crippen LogP contribution in [0, 0.1) is 18.6 Å². The van der Waals surface area contributed by atoms with Crippen LogP contribution in [0.4, 0.5) is 14.5 Å². The van der Waals surface area contributed by atoms with E-state index < -0.39 is 11.6 Å². The average Bonchev–Trinajstić information content (AvgIpc) is 2.89. The highest BCUT2D eigenvalue weighted by molar-refractivity contribution is 5.63. The highest BCUT2D eigenvalue weighted by Gasteiger charge is 2.15. The van der Waals surface area contributed by atoms with Gasteiger partial charge in [0.05, 0.1) is 0 Å². The second kappa shape index (κ2) is 4.93. The lowest BCUT2D eigenvalue weighted by atomic mass is 10.1. The van der Waals surface area contributed by atoms with E-state index in [0.29, 0.717) is 5.56 Å². The van der Waals surface area contributed by atoms with Crippen LogP contribution in [-0.2, 0) is 0 Å². The molecule has 3 aromatic rings. The molecular weight excluding hydrogens is 276 g/mol. The molecule has 0 aliphatic rings. The number of benzene rings is 2. The van der Waals surface area contributed by atoms with Gasteiger partial charge < -0.3 is 5.73 Å². The number of nitrogen functional groups attached to an aromatic ring is 1. The van der Waals surface area contributed by atoms with E-state index in [1.165, 1.54) is 28.9 Å². The molecule has 0 aliphatic heterocycles. The Morgan fingerprint density at radius 2 is 1.90 bits per heavy atom. The summed E-state index contributed by atoms with van der Waals surface area (Å²) in [5, 5.41) is 11.1. The number of halogens is 2. The fourth-order valence-corrected chi connectivity index (χ4v) is 2.06. The summed E-state index contributed by atoms with van der Waals surface area (Å²) >= 11 is 0. The third-order valence-corrected chi connectivity index (χ3v) is 2.98. The molecule has 0 bridgehead atoms. The molecule has 21 heavy (non-hydrogen) atoms. The SMILES string of the molecule is Cc1ccc(F)c(-n2nnnc2-c2cc(N)cc(F)c2)c1. The first-order chi connectivity index (χ1) is 10.0. The first-order valence-corrected chi connectivity index (χ1v) is 6.16. The average molecular weight is 287 g/mol. The summed E-state index contributed by atoms with van der Waals surface area (Å²) in [4.78, 5) is 0. The van der Waals surface area contributed by atoms with Gasteiger partial charge in [0.1, 0.15) is 17.3 Å². The fraction of sp³-hybridized carbons (Fsp3) is 0.0714. The van der Waals surface area contributed by atoms with E-state index in [-0.39, 0.29) is 17.2 Å². The monoisotopic (exact) mass is 287 g/mol. The van der Waals surface area contributed by atoms with Gasteiger partial charge in [-0.1, -0.05) is 6.07 Å². The van der Waals surface area contributed by atoms with Gasteiger partial charge in [0.2, 0.25) is 0 Å². The highest BCUT2D eigenvalue weighted by Crippen LogP contribution is 2.24. The number of hydrogen-bond donors (Lipinski definition) is 1. The summed E-state index contributed by atoms with van der Waals surface area (Å²) in [7, 11) is 0. The molecular formula is C14H11F2N5. The molecule has 0 atom stereocenters. The van der Waals surface area contributed by atoms with Crippen molar-refractivity contribution < 1.29 is 8.78 Å². The fourth-order valence-electron chi connectivity index (χ4n) is 2.06. The summed E-state index contributed by atoms with van der Waals surface area (Å²) in [5.74, 6) is -0.770. The summed E-state index contributed by atoms with van der Waals surface area (Å²) in [6.07, 6.45) is 0. The van der Waals surface area contributed by atoms with Gasteiger partial charge in [0, 0.05) is 11.3 Å². The number of nitrogens with zero attached hydrogens (tertiary/aromatic N) is 4. The zero-order valence-electron chi connectivity index (χ0n) is 11.1. The van der Waals surface area contributed by atoms with E-state index in [0.717, 1.165) is 5.56 Å². The standard InChI is InChI=1S/C14H11F2N5/c1-8-2-3-12(16)13(4-8)21-14(18-19-20-21)9-5-10(15)7-11(17)6-9/h2-7H,17H2,1H3. The normalized spacial score (nSPS) is 10.8. The Balaban J connectivity index is 2.19. The van der Waals surface area contributed by atoms with Gasteiger partial charge in [-0.3, -0.25) is 0 Å². The maximum absolute atomic E-state index is 14.0. The van der Waals surface area contributed by atoms with Crippen molar-refractivity contribution >= 4 is 5.69 Å². The number of hydrogen-bond acceptors (Lipinski definition) is 4. The number of aryl methyl sites for hydroxylation is 1. The Morgan fingerprint density at radius 1 is 1.10 bits per heavy atom. The van der Waals surface area contributed by atoms with E-state index in [2.05, 4.69) is 15.5 Å². The minimum Gasteiger partial charge on any atom is -0.399 e. The molecule has 0 amide bonds. The molecule has 106 valence electrons. The van der Waals surface area contributed by atoms with Crippen molar-refractivity contribution in [3.8, 4) is 17.1 Å². The molecule has 0 radical (unpaired) electrons. The van der Waals surface area contributed by atoms with Gasteiger partial charge in [-0.25, -0.2) is 8.78 Å². The second-order valence-electron chi connectivity index (χ2n) is 4.64. The van der Waals surface area contributed by atoms with Gasteiger partial charge in [0.25, 0.3) is 0 Å². The number of rotatable bonds is 2. The topological polar surface area (TPSA) is 69.6 Å². The minimum atomic E-state index is -0.510. The lowest BCUT2D eigenvalue weighted by Crippen LogP contribution is -2.03. The highest BCUT2D eigenvalue weighted by atomic mass is 19.1. The Morgan fingerprint density at radius 3 is 2.67 bits per heavy atom. The molecule has 0 fully saturated rings. The molecule has 0 saturated heterocycles. The molecule has 0 saturated carbocycles. The van der Waals surface area contributed by atoms with E-state index in [4.69, 9.17) is 5.73 Å². The van der Waals surface area contributed by atoms with Gasteiger partial charge in [-0.2, -0.15) is 4.68 Å². The van der Waals surface area contributed by atoms with Crippen LogP contribution in [0.2, 0.25) is 0 Å². The molecule has 2 aromatic carbocycles. The minimum absolute atomic E-state index is 0.192. The van der Waals surface area contributed by atoms with E-state index in [9.17, 15) is 8.78 Å². The molecule has 0 aliphatic carbocycles. The lowest BCUT2D eigenvalue weighted by molar-refractivity contribution is 0.607. The van der Waals surface area contributed by atoms with E-state index >= 15 is 0 Å². The first-order valence-electron chi connectivity index (χ1n) is 6.16. The predicted octanol–water partition coefficient (Wildman–Crippen LogP) is 2.50. The maximum atomic E-state index is 14.0. The Hall–Kier alpha value is -2.83. The number of aromatic nitrogens is 4. The molecule has 2 N–H and O–H groups in total. The van der Waals surface area contributed by atoms with Crippen molar-refractivity contribution in [1.29, 1.82) is 0 Å². The zero-order chi connectivity index (χ0) is 15.0. The second-order valence-corrected chi connectivity index (χ2v) is 4.64. The van der Waals surface area contributed by atoms with E-state index in [1.54, 1.807) is 12.1 Å². The molecule has 1 heterocycles. The summed E-state index contributed by atoms with van der Waals surface area (Å²) in [6, 6.07) is 8.53. The van der Waals surface area contributed by atoms with Crippen molar-refractivity contribution in [1.82, 2.24) is 20.2 Å². The van der Waals surface area contributed by atoms with E-state index in [1.807, 2.05) is 6.92 Å². The lowest BCUT2D eigenvalue weighted by Gasteiger charge is -2.07. The Labute approximate surface area is 119 Å². The predicted molar refractivity (Wildman–Crippen MR) is 73.7 cm³/mol. The maximum Gasteiger partial charge on any atom is 0.187 e. The van der Waals surface area contributed by atoms with Crippen LogP contribution in [0.1, 0.15) is 5.56 Å². The van der Waals surface area contributed by atoms with Crippen molar-refractivity contribution in [3.05, 3.63) is 53.6 Å². The number of anilines is 1. The van der Waals surface area contributed by atoms with Crippen molar-refractivity contribution in [2.75, 3.05) is 5.73 Å². The van der Waals surface area contributed by atoms with Crippen LogP contribution in [0.3, 0.4) is 0 Å². The Bertz CT molecular complexity index is 793. The smallest absolute Gasteiger partial charge is 0.187 e. The van der Waals surface area contributed by atoms with Crippen molar-refractivity contribution in [2.24, 2.45) is 0 Å². The Kier molecular flexibility index (Phi) is 3.09. The quantitative estimate of drug-likeness (QED) is 0.735. The number of nitrogens with two attached hydrogens (primary N) is 1. The van der Waals surface area contributed by atoms with Gasteiger partial charge in [-0.15, -0.1) is 5.10 Å². The van der Waals surface area contributed by atoms with Crippen LogP contribution in [-0.4, -0.2) is 20.2 Å². The van der Waals surface area contributed by atoms with Gasteiger partial charge in [-0.05, 0) is 53.2 Å². The third-order valence-electron chi connectivity index (χ3n) is 2.98. The van der Waals surface area contributed by atoms with Crippen LogP contribution >= 0.6 is 0 Å². The summed E-state index contributed by atoms with van der Waals surface area (Å²) < 4.78 is 28.7. The third kappa shape index (κ3) is 2.45. The van der Waals surface area contributed by atoms with Crippen LogP contribution in [0.5, 0.6) is 0 Å². The largest absolute Gasteiger partial charge is 0.399 e. The number of tetrazole rings is 1. The van der Waals surface area contributed by atoms with Gasteiger partial charge >= 0.3 is 0 Å². The molecule has 7 heteroatoms. The first kappa shape index (κ1) is 13.2. The van der Waals surface area contributed by atoms with Crippen molar-refractivity contribution in [3.63, 3.8) is 0 Å². The van der Waals surface area contributed by atoms with Crippen LogP contribution in [0.25, 0.3) is 17.1 Å². The van der Waals surface area contributed by atoms with Gasteiger partial charge in [0.15, 0.2) is 5.82 Å². The van der Waals surface area contributed by atoms with Crippen molar-refractivity contribution in [2.45, 2.75) is 6.92 Å². The van der Waals surface area contributed by atoms with Crippen LogP contribution in [0.15, 0.2) is 36.4 Å². The molecule has 1 aromatic heterocycles. The molecule has 0 unspecified atom stereocenters. The molecule has 5 nitrogen and oxygen atoms in total. The van der Waals surface area contributed by atoms with Crippen LogP contribution < -0.4 is 5.73 Å².